The van der Waals surface area contributed by atoms with Crippen LogP contribution in [0.1, 0.15) is 33.3 Å². The van der Waals surface area contributed by atoms with Gasteiger partial charge in [-0.1, -0.05) is 30.3 Å². The Hall–Kier alpha value is -3.01. The molecule has 0 saturated heterocycles. The first-order chi connectivity index (χ1) is 13.4. The molecule has 4 aromatic rings. The number of furan rings is 1. The molecule has 0 N–H and O–H groups in total. The molecule has 2 aromatic heterocycles. The summed E-state index contributed by atoms with van der Waals surface area (Å²) < 4.78 is 6.39. The second-order valence-corrected chi connectivity index (χ2v) is 8.35. The summed E-state index contributed by atoms with van der Waals surface area (Å²) in [7, 11) is 0. The molecule has 142 valence electrons. The van der Waals surface area contributed by atoms with Crippen molar-refractivity contribution in [3.05, 3.63) is 60.3 Å². The van der Waals surface area contributed by atoms with Crippen LogP contribution in [0.5, 0.6) is 0 Å². The molecular formula is C24H25N3O. The predicted octanol–water partition coefficient (Wildman–Crippen LogP) is 6.39. The van der Waals surface area contributed by atoms with Crippen LogP contribution in [0.4, 0.5) is 17.2 Å². The lowest BCUT2D eigenvalue weighted by Crippen LogP contribution is -2.53. The highest BCUT2D eigenvalue weighted by atomic mass is 16.3. The van der Waals surface area contributed by atoms with Gasteiger partial charge in [0.2, 0.25) is 0 Å². The van der Waals surface area contributed by atoms with E-state index in [-0.39, 0.29) is 5.66 Å². The first-order valence-electron chi connectivity index (χ1n) is 9.86. The van der Waals surface area contributed by atoms with E-state index in [0.717, 1.165) is 39.1 Å². The van der Waals surface area contributed by atoms with Crippen molar-refractivity contribution in [2.45, 2.75) is 46.3 Å². The van der Waals surface area contributed by atoms with Crippen molar-refractivity contribution in [2.75, 3.05) is 9.80 Å². The van der Waals surface area contributed by atoms with Gasteiger partial charge in [0.1, 0.15) is 11.2 Å². The average molecular weight is 371 g/mol. The van der Waals surface area contributed by atoms with Crippen LogP contribution in [0.15, 0.2) is 59.1 Å². The number of aryl methyl sites for hydroxylation is 1. The van der Waals surface area contributed by atoms with Crippen molar-refractivity contribution < 1.29 is 4.42 Å². The zero-order valence-electron chi connectivity index (χ0n) is 17.0. The molecule has 0 atom stereocenters. The van der Waals surface area contributed by atoms with Crippen LogP contribution in [-0.4, -0.2) is 16.7 Å². The first-order valence-corrected chi connectivity index (χ1v) is 9.86. The smallest absolute Gasteiger partial charge is 0.159 e. The molecule has 3 heterocycles. The fourth-order valence-electron chi connectivity index (χ4n) is 4.85. The van der Waals surface area contributed by atoms with Crippen LogP contribution in [-0.2, 0) is 0 Å². The number of benzene rings is 2. The van der Waals surface area contributed by atoms with Crippen LogP contribution in [0.3, 0.4) is 0 Å². The van der Waals surface area contributed by atoms with E-state index >= 15 is 0 Å². The van der Waals surface area contributed by atoms with Crippen LogP contribution in [0, 0.1) is 6.92 Å². The SMILES string of the molecule is Cc1ccc2c(oc3ccccc32)c1N1c2ncccc2N(C(C)C)C1(C)C. The molecule has 4 nitrogen and oxygen atoms in total. The van der Waals surface area contributed by atoms with E-state index in [2.05, 4.69) is 74.8 Å². The lowest BCUT2D eigenvalue weighted by atomic mass is 10.0. The van der Waals surface area contributed by atoms with Gasteiger partial charge in [0.05, 0.1) is 11.4 Å². The Labute approximate surface area is 165 Å². The molecule has 28 heavy (non-hydrogen) atoms. The third kappa shape index (κ3) is 2.15. The minimum atomic E-state index is -0.275. The maximum absolute atomic E-state index is 6.39. The monoisotopic (exact) mass is 371 g/mol. The molecule has 0 unspecified atom stereocenters. The zero-order valence-corrected chi connectivity index (χ0v) is 17.0. The molecule has 0 fully saturated rings. The molecule has 5 rings (SSSR count). The number of aromatic nitrogens is 1. The summed E-state index contributed by atoms with van der Waals surface area (Å²) in [5, 5.41) is 2.30. The molecule has 1 aliphatic heterocycles. The Bertz CT molecular complexity index is 1210. The highest BCUT2D eigenvalue weighted by molar-refractivity contribution is 6.10. The van der Waals surface area contributed by atoms with E-state index in [0.29, 0.717) is 6.04 Å². The number of hydrogen-bond donors (Lipinski definition) is 0. The Balaban J connectivity index is 1.86. The third-order valence-corrected chi connectivity index (χ3v) is 5.84. The van der Waals surface area contributed by atoms with Crippen LogP contribution in [0.25, 0.3) is 21.9 Å². The van der Waals surface area contributed by atoms with Gasteiger partial charge < -0.3 is 9.32 Å². The van der Waals surface area contributed by atoms with Gasteiger partial charge in [-0.25, -0.2) is 4.98 Å². The Morgan fingerprint density at radius 2 is 1.75 bits per heavy atom. The molecule has 2 aromatic carbocycles. The summed E-state index contributed by atoms with van der Waals surface area (Å²) >= 11 is 0. The van der Waals surface area contributed by atoms with Gasteiger partial charge in [-0.2, -0.15) is 0 Å². The van der Waals surface area contributed by atoms with Gasteiger partial charge in [-0.15, -0.1) is 0 Å². The summed E-state index contributed by atoms with van der Waals surface area (Å²) in [6.07, 6.45) is 1.87. The Morgan fingerprint density at radius 3 is 2.54 bits per heavy atom. The number of pyridine rings is 1. The maximum atomic E-state index is 6.39. The molecule has 0 amide bonds. The predicted molar refractivity (Wildman–Crippen MR) is 117 cm³/mol. The highest BCUT2D eigenvalue weighted by Gasteiger charge is 2.46. The molecule has 1 aliphatic rings. The van der Waals surface area contributed by atoms with E-state index in [1.165, 1.54) is 5.56 Å². The van der Waals surface area contributed by atoms with Crippen molar-refractivity contribution >= 4 is 39.1 Å². The van der Waals surface area contributed by atoms with Crippen LogP contribution in [0.2, 0.25) is 0 Å². The van der Waals surface area contributed by atoms with E-state index in [1.807, 2.05) is 24.4 Å². The second kappa shape index (κ2) is 5.74. The number of fused-ring (bicyclic) bond motifs is 4. The molecule has 0 bridgehead atoms. The topological polar surface area (TPSA) is 32.5 Å². The Morgan fingerprint density at radius 1 is 0.964 bits per heavy atom. The number of nitrogens with zero attached hydrogens (tertiary/aromatic N) is 3. The number of hydrogen-bond acceptors (Lipinski definition) is 4. The van der Waals surface area contributed by atoms with Crippen LogP contribution < -0.4 is 9.80 Å². The third-order valence-electron chi connectivity index (χ3n) is 5.84. The standard InChI is InChI=1S/C24H25N3O/c1-15(2)26-19-10-8-14-25-23(19)27(24(26,4)5)21-16(3)12-13-18-17-9-6-7-11-20(17)28-22(18)21/h6-15H,1-5H3. The van der Waals surface area contributed by atoms with Crippen molar-refractivity contribution in [3.8, 4) is 0 Å². The summed E-state index contributed by atoms with van der Waals surface area (Å²) in [6.45, 7) is 11.1. The van der Waals surface area contributed by atoms with E-state index in [9.17, 15) is 0 Å². The number of rotatable bonds is 2. The summed E-state index contributed by atoms with van der Waals surface area (Å²) in [4.78, 5) is 9.58. The van der Waals surface area contributed by atoms with E-state index < -0.39 is 0 Å². The minimum absolute atomic E-state index is 0.275. The van der Waals surface area contributed by atoms with Crippen molar-refractivity contribution in [1.29, 1.82) is 0 Å². The van der Waals surface area contributed by atoms with Crippen molar-refractivity contribution in [1.82, 2.24) is 4.98 Å². The quantitative estimate of drug-likeness (QED) is 0.408. The van der Waals surface area contributed by atoms with Gasteiger partial charge in [0.25, 0.3) is 0 Å². The lowest BCUT2D eigenvalue weighted by molar-refractivity contribution is 0.456. The van der Waals surface area contributed by atoms with Gasteiger partial charge in [-0.3, -0.25) is 4.90 Å². The minimum Gasteiger partial charge on any atom is -0.454 e. The zero-order chi connectivity index (χ0) is 19.6. The van der Waals surface area contributed by atoms with Crippen molar-refractivity contribution in [3.63, 3.8) is 0 Å². The van der Waals surface area contributed by atoms with Gasteiger partial charge in [-0.05, 0) is 58.4 Å². The molecule has 4 heteroatoms. The molecule has 0 aliphatic carbocycles. The molecule has 0 saturated carbocycles. The van der Waals surface area contributed by atoms with Gasteiger partial charge >= 0.3 is 0 Å². The molecule has 0 spiro atoms. The van der Waals surface area contributed by atoms with E-state index in [1.54, 1.807) is 0 Å². The average Bonchev–Trinajstić information content (AvgIpc) is 3.13. The highest BCUT2D eigenvalue weighted by Crippen LogP contribution is 2.51. The fourth-order valence-corrected chi connectivity index (χ4v) is 4.85. The molecular weight excluding hydrogens is 346 g/mol. The van der Waals surface area contributed by atoms with Gasteiger partial charge in [0, 0.05) is 23.0 Å². The second-order valence-electron chi connectivity index (χ2n) is 8.35. The van der Waals surface area contributed by atoms with Crippen LogP contribution >= 0.6 is 0 Å². The molecule has 0 radical (unpaired) electrons. The first kappa shape index (κ1) is 17.1. The van der Waals surface area contributed by atoms with Gasteiger partial charge in [0.15, 0.2) is 11.4 Å². The summed E-state index contributed by atoms with van der Waals surface area (Å²) in [6, 6.07) is 17.1. The summed E-state index contributed by atoms with van der Waals surface area (Å²) in [5.41, 5.74) is 5.02. The number of para-hydroxylation sites is 1. The van der Waals surface area contributed by atoms with E-state index in [4.69, 9.17) is 9.40 Å². The van der Waals surface area contributed by atoms with Crippen molar-refractivity contribution in [2.24, 2.45) is 0 Å². The normalized spacial score (nSPS) is 15.8. The lowest BCUT2D eigenvalue weighted by Gasteiger charge is -2.42. The Kier molecular flexibility index (Phi) is 3.51. The summed E-state index contributed by atoms with van der Waals surface area (Å²) in [5.74, 6) is 0.984. The fraction of sp³-hybridized carbons (Fsp3) is 0.292. The maximum Gasteiger partial charge on any atom is 0.159 e. The number of anilines is 3. The largest absolute Gasteiger partial charge is 0.454 e.